The van der Waals surface area contributed by atoms with Crippen LogP contribution in [-0.4, -0.2) is 17.6 Å². The molecule has 1 aliphatic heterocycles. The first-order chi connectivity index (χ1) is 9.28. The molecule has 2 aromatic rings. The van der Waals surface area contributed by atoms with E-state index in [2.05, 4.69) is 4.98 Å². The van der Waals surface area contributed by atoms with Gasteiger partial charge in [0.15, 0.2) is 0 Å². The Morgan fingerprint density at radius 3 is 3.16 bits per heavy atom. The Bertz CT molecular complexity index is 621. The van der Waals surface area contributed by atoms with Gasteiger partial charge < -0.3 is 9.47 Å². The highest BCUT2D eigenvalue weighted by Gasteiger charge is 2.22. The number of thiazole rings is 1. The van der Waals surface area contributed by atoms with Crippen LogP contribution in [0.4, 0.5) is 0 Å². The molecule has 3 rings (SSSR count). The third-order valence-electron chi connectivity index (χ3n) is 2.84. The summed E-state index contributed by atoms with van der Waals surface area (Å²) >= 11 is 1.52. The summed E-state index contributed by atoms with van der Waals surface area (Å²) in [6, 6.07) is 7.82. The molecule has 0 saturated carbocycles. The van der Waals surface area contributed by atoms with E-state index >= 15 is 0 Å². The number of benzene rings is 1. The molecule has 0 atom stereocenters. The van der Waals surface area contributed by atoms with E-state index in [1.165, 1.54) is 11.3 Å². The van der Waals surface area contributed by atoms with E-state index in [9.17, 15) is 4.79 Å². The summed E-state index contributed by atoms with van der Waals surface area (Å²) in [4.78, 5) is 17.1. The topological polar surface area (TPSA) is 48.4 Å². The Morgan fingerprint density at radius 1 is 1.47 bits per heavy atom. The van der Waals surface area contributed by atoms with Crippen LogP contribution in [0, 0.1) is 0 Å². The van der Waals surface area contributed by atoms with Gasteiger partial charge >= 0.3 is 5.97 Å². The largest absolute Gasteiger partial charge is 0.487 e. The number of carbonyl (C=O) groups is 1. The summed E-state index contributed by atoms with van der Waals surface area (Å²) in [5.41, 5.74) is 1.93. The summed E-state index contributed by atoms with van der Waals surface area (Å²) in [5, 5.41) is 0.781. The van der Waals surface area contributed by atoms with Crippen molar-refractivity contribution in [3.8, 4) is 17.0 Å². The van der Waals surface area contributed by atoms with Crippen LogP contribution < -0.4 is 4.74 Å². The van der Waals surface area contributed by atoms with Gasteiger partial charge in [-0.2, -0.15) is 0 Å². The molecular formula is C14H13NO3S. The van der Waals surface area contributed by atoms with Gasteiger partial charge in [-0.25, -0.2) is 4.98 Å². The summed E-state index contributed by atoms with van der Waals surface area (Å²) in [5.74, 6) is 0.616. The molecule has 0 amide bonds. The van der Waals surface area contributed by atoms with Crippen molar-refractivity contribution < 1.29 is 14.3 Å². The van der Waals surface area contributed by atoms with E-state index in [0.717, 1.165) is 26.9 Å². The molecule has 5 heteroatoms. The molecule has 19 heavy (non-hydrogen) atoms. The maximum absolute atomic E-state index is 11.5. The summed E-state index contributed by atoms with van der Waals surface area (Å²) in [7, 11) is 0. The lowest BCUT2D eigenvalue weighted by molar-refractivity contribution is -0.142. The van der Waals surface area contributed by atoms with Crippen LogP contribution in [-0.2, 0) is 22.6 Å². The third-order valence-corrected chi connectivity index (χ3v) is 3.87. The molecule has 1 aliphatic rings. The monoisotopic (exact) mass is 275 g/mol. The van der Waals surface area contributed by atoms with Crippen molar-refractivity contribution in [2.24, 2.45) is 0 Å². The number of esters is 1. The third kappa shape index (κ3) is 2.33. The number of carbonyl (C=O) groups excluding carboxylic acids is 1. The number of para-hydroxylation sites is 1. The molecule has 0 saturated heterocycles. The number of hydrogen-bond donors (Lipinski definition) is 0. The van der Waals surface area contributed by atoms with Crippen LogP contribution in [0.3, 0.4) is 0 Å². The average molecular weight is 275 g/mol. The molecule has 0 N–H and O–H groups in total. The molecule has 2 heterocycles. The molecule has 0 unspecified atom stereocenters. The SMILES string of the molecule is CCOC(=O)Cc1nc2c(s1)COc1ccccc1-2. The molecule has 98 valence electrons. The van der Waals surface area contributed by atoms with Crippen molar-refractivity contribution in [1.29, 1.82) is 0 Å². The predicted octanol–water partition coefficient (Wildman–Crippen LogP) is 2.81. The number of hydrogen-bond acceptors (Lipinski definition) is 5. The quantitative estimate of drug-likeness (QED) is 0.808. The molecule has 0 spiro atoms. The predicted molar refractivity (Wildman–Crippen MR) is 72.2 cm³/mol. The second-order valence-electron chi connectivity index (χ2n) is 4.15. The number of rotatable bonds is 3. The first-order valence-corrected chi connectivity index (χ1v) is 6.96. The van der Waals surface area contributed by atoms with E-state index in [-0.39, 0.29) is 12.4 Å². The number of fused-ring (bicyclic) bond motifs is 3. The van der Waals surface area contributed by atoms with E-state index in [0.29, 0.717) is 13.2 Å². The van der Waals surface area contributed by atoms with E-state index in [4.69, 9.17) is 9.47 Å². The van der Waals surface area contributed by atoms with Crippen molar-refractivity contribution in [2.45, 2.75) is 20.0 Å². The Morgan fingerprint density at radius 2 is 2.32 bits per heavy atom. The fourth-order valence-electron chi connectivity index (χ4n) is 2.05. The van der Waals surface area contributed by atoms with Gasteiger partial charge in [0.1, 0.15) is 17.4 Å². The van der Waals surface area contributed by atoms with Crippen LogP contribution in [0.5, 0.6) is 5.75 Å². The minimum Gasteiger partial charge on any atom is -0.487 e. The zero-order valence-corrected chi connectivity index (χ0v) is 11.3. The Hall–Kier alpha value is -1.88. The minimum atomic E-state index is -0.234. The van der Waals surface area contributed by atoms with Crippen LogP contribution in [0.15, 0.2) is 24.3 Å². The maximum atomic E-state index is 11.5. The van der Waals surface area contributed by atoms with E-state index in [1.807, 2.05) is 24.3 Å². The van der Waals surface area contributed by atoms with Gasteiger partial charge in [0.25, 0.3) is 0 Å². The van der Waals surface area contributed by atoms with Crippen LogP contribution in [0.2, 0.25) is 0 Å². The summed E-state index contributed by atoms with van der Waals surface area (Å²) in [6.45, 7) is 2.72. The van der Waals surface area contributed by atoms with Crippen molar-refractivity contribution in [1.82, 2.24) is 4.98 Å². The van der Waals surface area contributed by atoms with Crippen molar-refractivity contribution in [3.05, 3.63) is 34.2 Å². The van der Waals surface area contributed by atoms with Gasteiger partial charge in [-0.1, -0.05) is 12.1 Å². The van der Waals surface area contributed by atoms with E-state index < -0.39 is 0 Å². The van der Waals surface area contributed by atoms with Gasteiger partial charge in [0.05, 0.1) is 23.6 Å². The second kappa shape index (κ2) is 5.01. The number of nitrogens with zero attached hydrogens (tertiary/aromatic N) is 1. The molecule has 4 nitrogen and oxygen atoms in total. The normalized spacial score (nSPS) is 12.3. The zero-order valence-electron chi connectivity index (χ0n) is 10.5. The highest BCUT2D eigenvalue weighted by Crippen LogP contribution is 2.39. The lowest BCUT2D eigenvalue weighted by Gasteiger charge is -2.15. The minimum absolute atomic E-state index is 0.230. The highest BCUT2D eigenvalue weighted by molar-refractivity contribution is 7.12. The van der Waals surface area contributed by atoms with Gasteiger partial charge in [-0.05, 0) is 19.1 Å². The molecule has 1 aromatic heterocycles. The second-order valence-corrected chi connectivity index (χ2v) is 5.31. The molecule has 0 aliphatic carbocycles. The van der Waals surface area contributed by atoms with Crippen molar-refractivity contribution in [3.63, 3.8) is 0 Å². The van der Waals surface area contributed by atoms with E-state index in [1.54, 1.807) is 6.92 Å². The Labute approximate surface area is 115 Å². The number of ether oxygens (including phenoxy) is 2. The van der Waals surface area contributed by atoms with Crippen LogP contribution in [0.1, 0.15) is 16.8 Å². The van der Waals surface area contributed by atoms with Gasteiger partial charge in [0.2, 0.25) is 0 Å². The Kier molecular flexibility index (Phi) is 3.21. The number of aromatic nitrogens is 1. The molecule has 0 fully saturated rings. The first-order valence-electron chi connectivity index (χ1n) is 6.14. The average Bonchev–Trinajstić information content (AvgIpc) is 2.81. The van der Waals surface area contributed by atoms with Gasteiger partial charge in [0, 0.05) is 5.56 Å². The molecular weight excluding hydrogens is 262 g/mol. The highest BCUT2D eigenvalue weighted by atomic mass is 32.1. The zero-order chi connectivity index (χ0) is 13.2. The van der Waals surface area contributed by atoms with Crippen LogP contribution >= 0.6 is 11.3 Å². The first kappa shape index (κ1) is 12.2. The fraction of sp³-hybridized carbons (Fsp3) is 0.286. The molecule has 0 radical (unpaired) electrons. The van der Waals surface area contributed by atoms with Gasteiger partial charge in [-0.15, -0.1) is 11.3 Å². The summed E-state index contributed by atoms with van der Waals surface area (Å²) in [6.07, 6.45) is 0.230. The smallest absolute Gasteiger partial charge is 0.312 e. The molecule has 0 bridgehead atoms. The fourth-order valence-corrected chi connectivity index (χ4v) is 3.03. The molecule has 1 aromatic carbocycles. The lowest BCUT2D eigenvalue weighted by atomic mass is 10.1. The van der Waals surface area contributed by atoms with Crippen molar-refractivity contribution in [2.75, 3.05) is 6.61 Å². The van der Waals surface area contributed by atoms with Crippen LogP contribution in [0.25, 0.3) is 11.3 Å². The lowest BCUT2D eigenvalue weighted by Crippen LogP contribution is -2.07. The van der Waals surface area contributed by atoms with Gasteiger partial charge in [-0.3, -0.25) is 4.79 Å². The van der Waals surface area contributed by atoms with Crippen molar-refractivity contribution >= 4 is 17.3 Å². The summed E-state index contributed by atoms with van der Waals surface area (Å²) < 4.78 is 10.6. The Balaban J connectivity index is 1.90. The standard InChI is InChI=1S/C14H13NO3S/c1-2-17-13(16)7-12-15-14-9-5-3-4-6-10(9)18-8-11(14)19-12/h3-6H,2,7-8H2,1H3. The maximum Gasteiger partial charge on any atom is 0.312 e.